The zero-order valence-corrected chi connectivity index (χ0v) is 10.2. The number of hydrogen-bond acceptors (Lipinski definition) is 4. The Labute approximate surface area is 96.4 Å². The van der Waals surface area contributed by atoms with Crippen LogP contribution >= 0.6 is 0 Å². The molecule has 0 aliphatic heterocycles. The van der Waals surface area contributed by atoms with Gasteiger partial charge in [0.05, 0.1) is 5.54 Å². The predicted molar refractivity (Wildman–Crippen MR) is 64.1 cm³/mol. The van der Waals surface area contributed by atoms with E-state index in [2.05, 4.69) is 15.5 Å². The second-order valence-corrected chi connectivity index (χ2v) is 4.73. The fraction of sp³-hybridized carbons (Fsp3) is 0.818. The number of nitrogens with two attached hydrogens (primary N) is 1. The molecule has 0 amide bonds. The van der Waals surface area contributed by atoms with Crippen molar-refractivity contribution >= 4 is 5.95 Å². The molecule has 0 spiro atoms. The van der Waals surface area contributed by atoms with Crippen molar-refractivity contribution in [2.24, 2.45) is 12.8 Å². The monoisotopic (exact) mass is 223 g/mol. The third-order valence-electron chi connectivity index (χ3n) is 3.54. The molecule has 0 atom stereocenters. The van der Waals surface area contributed by atoms with Gasteiger partial charge in [-0.15, -0.1) is 10.2 Å². The van der Waals surface area contributed by atoms with Gasteiger partial charge in [-0.2, -0.15) is 0 Å². The maximum atomic E-state index is 6.50. The van der Waals surface area contributed by atoms with E-state index in [4.69, 9.17) is 5.73 Å². The van der Waals surface area contributed by atoms with Crippen molar-refractivity contribution < 1.29 is 0 Å². The lowest BCUT2D eigenvalue weighted by Gasteiger charge is -2.26. The van der Waals surface area contributed by atoms with Gasteiger partial charge >= 0.3 is 0 Å². The molecular formula is C11H21N5. The smallest absolute Gasteiger partial charge is 0.224 e. The Bertz CT molecular complexity index is 349. The van der Waals surface area contributed by atoms with E-state index >= 15 is 0 Å². The zero-order chi connectivity index (χ0) is 11.6. The highest BCUT2D eigenvalue weighted by Gasteiger charge is 2.33. The van der Waals surface area contributed by atoms with Crippen LogP contribution in [0.2, 0.25) is 0 Å². The Balaban J connectivity index is 2.29. The fourth-order valence-electron chi connectivity index (χ4n) is 2.56. The molecular weight excluding hydrogens is 202 g/mol. The molecule has 0 radical (unpaired) electrons. The first-order valence-corrected chi connectivity index (χ1v) is 6.04. The molecule has 0 bridgehead atoms. The third kappa shape index (κ3) is 1.91. The molecule has 1 aliphatic carbocycles. The van der Waals surface area contributed by atoms with Gasteiger partial charge in [0.15, 0.2) is 5.82 Å². The van der Waals surface area contributed by atoms with E-state index < -0.39 is 0 Å². The van der Waals surface area contributed by atoms with Gasteiger partial charge in [-0.25, -0.2) is 0 Å². The number of nitrogens with zero attached hydrogens (tertiary/aromatic N) is 3. The largest absolute Gasteiger partial charge is 0.357 e. The van der Waals surface area contributed by atoms with E-state index in [1.54, 1.807) is 0 Å². The van der Waals surface area contributed by atoms with Crippen LogP contribution < -0.4 is 11.1 Å². The van der Waals surface area contributed by atoms with Gasteiger partial charge in [0.1, 0.15) is 0 Å². The average molecular weight is 223 g/mol. The number of nitrogens with one attached hydrogen (secondary N) is 1. The van der Waals surface area contributed by atoms with E-state index in [1.807, 2.05) is 18.7 Å². The summed E-state index contributed by atoms with van der Waals surface area (Å²) in [6.07, 6.45) is 6.99. The van der Waals surface area contributed by atoms with Crippen molar-refractivity contribution in [1.82, 2.24) is 14.8 Å². The topological polar surface area (TPSA) is 68.8 Å². The minimum absolute atomic E-state index is 0.284. The first-order valence-electron chi connectivity index (χ1n) is 6.04. The number of hydrogen-bond donors (Lipinski definition) is 2. The summed E-state index contributed by atoms with van der Waals surface area (Å²) in [5.41, 5.74) is 6.21. The van der Waals surface area contributed by atoms with E-state index in [1.165, 1.54) is 25.7 Å². The molecule has 1 aliphatic rings. The predicted octanol–water partition coefficient (Wildman–Crippen LogP) is 1.36. The summed E-state index contributed by atoms with van der Waals surface area (Å²) in [7, 11) is 3.82. The van der Waals surface area contributed by atoms with Crippen LogP contribution in [0.1, 0.15) is 44.3 Å². The van der Waals surface area contributed by atoms with Crippen molar-refractivity contribution in [3.8, 4) is 0 Å². The molecule has 2 rings (SSSR count). The summed E-state index contributed by atoms with van der Waals surface area (Å²) in [4.78, 5) is 0. The Kier molecular flexibility index (Phi) is 3.14. The van der Waals surface area contributed by atoms with Crippen molar-refractivity contribution in [3.63, 3.8) is 0 Å². The normalized spacial score (nSPS) is 20.4. The maximum absolute atomic E-state index is 6.50. The molecule has 1 heterocycles. The molecule has 90 valence electrons. The highest BCUT2D eigenvalue weighted by atomic mass is 15.3. The van der Waals surface area contributed by atoms with Crippen LogP contribution in [-0.2, 0) is 12.6 Å². The van der Waals surface area contributed by atoms with Crippen molar-refractivity contribution in [3.05, 3.63) is 5.82 Å². The fourth-order valence-corrected chi connectivity index (χ4v) is 2.56. The first-order chi connectivity index (χ1) is 7.67. The molecule has 5 nitrogen and oxygen atoms in total. The van der Waals surface area contributed by atoms with E-state index in [9.17, 15) is 0 Å². The summed E-state index contributed by atoms with van der Waals surface area (Å²) >= 11 is 0. The van der Waals surface area contributed by atoms with Crippen LogP contribution in [0.15, 0.2) is 0 Å². The lowest BCUT2D eigenvalue weighted by atomic mass is 9.90. The zero-order valence-electron chi connectivity index (χ0n) is 10.2. The van der Waals surface area contributed by atoms with E-state index in [-0.39, 0.29) is 5.54 Å². The second-order valence-electron chi connectivity index (χ2n) is 4.73. The van der Waals surface area contributed by atoms with Crippen LogP contribution in [0, 0.1) is 0 Å². The highest BCUT2D eigenvalue weighted by molar-refractivity contribution is 5.26. The lowest BCUT2D eigenvalue weighted by molar-refractivity contribution is 0.352. The van der Waals surface area contributed by atoms with Crippen LogP contribution in [0.5, 0.6) is 0 Å². The minimum Gasteiger partial charge on any atom is -0.357 e. The molecule has 5 heteroatoms. The van der Waals surface area contributed by atoms with E-state index in [0.717, 1.165) is 24.6 Å². The standard InChI is InChI=1S/C11H21N5/c1-13-10-15-14-9(16(10)2)11(12)7-5-3-4-6-8-11/h3-8,12H2,1-2H3,(H,13,15). The highest BCUT2D eigenvalue weighted by Crippen LogP contribution is 2.32. The van der Waals surface area contributed by atoms with E-state index in [0.29, 0.717) is 0 Å². The molecule has 1 fully saturated rings. The molecule has 1 aromatic heterocycles. The molecule has 16 heavy (non-hydrogen) atoms. The minimum atomic E-state index is -0.284. The molecule has 3 N–H and O–H groups in total. The van der Waals surface area contributed by atoms with Gasteiger partial charge in [0.2, 0.25) is 5.95 Å². The van der Waals surface area contributed by atoms with Gasteiger partial charge in [-0.05, 0) is 12.8 Å². The number of aromatic nitrogens is 3. The summed E-state index contributed by atoms with van der Waals surface area (Å²) in [6, 6.07) is 0. The molecule has 0 aromatic carbocycles. The van der Waals surface area contributed by atoms with Crippen LogP contribution in [0.25, 0.3) is 0 Å². The van der Waals surface area contributed by atoms with Crippen molar-refractivity contribution in [2.75, 3.05) is 12.4 Å². The second kappa shape index (κ2) is 4.41. The first kappa shape index (κ1) is 11.4. The van der Waals surface area contributed by atoms with Crippen LogP contribution in [0.3, 0.4) is 0 Å². The lowest BCUT2D eigenvalue weighted by Crippen LogP contribution is -2.38. The van der Waals surface area contributed by atoms with Gasteiger partial charge < -0.3 is 11.1 Å². The Morgan fingerprint density at radius 3 is 2.31 bits per heavy atom. The molecule has 0 unspecified atom stereocenters. The quantitative estimate of drug-likeness (QED) is 0.743. The van der Waals surface area contributed by atoms with Crippen molar-refractivity contribution in [1.29, 1.82) is 0 Å². The SMILES string of the molecule is CNc1nnc(C2(N)CCCCCC2)n1C. The Morgan fingerprint density at radius 2 is 1.81 bits per heavy atom. The molecule has 0 saturated heterocycles. The Morgan fingerprint density at radius 1 is 1.19 bits per heavy atom. The maximum Gasteiger partial charge on any atom is 0.224 e. The van der Waals surface area contributed by atoms with Gasteiger partial charge in [-0.3, -0.25) is 4.57 Å². The molecule has 1 saturated carbocycles. The summed E-state index contributed by atoms with van der Waals surface area (Å²) < 4.78 is 1.98. The number of anilines is 1. The van der Waals surface area contributed by atoms with Crippen LogP contribution in [0.4, 0.5) is 5.95 Å². The van der Waals surface area contributed by atoms with Crippen LogP contribution in [-0.4, -0.2) is 21.8 Å². The summed E-state index contributed by atoms with van der Waals surface area (Å²) in [5, 5.41) is 11.4. The van der Waals surface area contributed by atoms with Gasteiger partial charge in [-0.1, -0.05) is 25.7 Å². The molecule has 1 aromatic rings. The summed E-state index contributed by atoms with van der Waals surface area (Å²) in [6.45, 7) is 0. The van der Waals surface area contributed by atoms with Gasteiger partial charge in [0.25, 0.3) is 0 Å². The average Bonchev–Trinajstić information content (AvgIpc) is 2.51. The summed E-state index contributed by atoms with van der Waals surface area (Å²) in [5.74, 6) is 1.70. The van der Waals surface area contributed by atoms with Crippen molar-refractivity contribution in [2.45, 2.75) is 44.1 Å². The Hall–Kier alpha value is -1.10. The third-order valence-corrected chi connectivity index (χ3v) is 3.54. The number of rotatable bonds is 2. The van der Waals surface area contributed by atoms with Gasteiger partial charge in [0, 0.05) is 14.1 Å².